The molecule has 1 aliphatic carbocycles. The third-order valence-corrected chi connectivity index (χ3v) is 6.70. The Hall–Kier alpha value is -5.02. The van der Waals surface area contributed by atoms with Crippen molar-refractivity contribution in [2.75, 3.05) is 24.9 Å². The summed E-state index contributed by atoms with van der Waals surface area (Å²) < 4.78 is 17.8. The number of benzene rings is 3. The van der Waals surface area contributed by atoms with Gasteiger partial charge in [-0.15, -0.1) is 0 Å². The maximum absolute atomic E-state index is 9.32. The Balaban J connectivity index is 1.54. The molecule has 4 aromatic rings. The van der Waals surface area contributed by atoms with Gasteiger partial charge in [-0.25, -0.2) is 0 Å². The summed E-state index contributed by atoms with van der Waals surface area (Å²) in [6.45, 7) is 0. The molecule has 0 bridgehead atoms. The van der Waals surface area contributed by atoms with Gasteiger partial charge < -0.3 is 24.8 Å². The SMILES string of the molecule is COc1cc2cc(C#N)ccc2c(OC)c1Oc1cc(NC2CCCCC2)nc(Nc2ccc(C#N)cc2)n1. The van der Waals surface area contributed by atoms with Gasteiger partial charge in [-0.05, 0) is 66.8 Å². The van der Waals surface area contributed by atoms with Gasteiger partial charge in [0.2, 0.25) is 17.6 Å². The van der Waals surface area contributed by atoms with Gasteiger partial charge in [-0.2, -0.15) is 20.5 Å². The van der Waals surface area contributed by atoms with E-state index in [2.05, 4.69) is 32.7 Å². The van der Waals surface area contributed by atoms with Crippen LogP contribution in [-0.2, 0) is 0 Å². The highest BCUT2D eigenvalue weighted by molar-refractivity contribution is 5.94. The Bertz CT molecular complexity index is 1570. The van der Waals surface area contributed by atoms with Gasteiger partial charge in [0.25, 0.3) is 0 Å². The Morgan fingerprint density at radius 1 is 0.821 bits per heavy atom. The molecular formula is C30H28N6O3. The highest BCUT2D eigenvalue weighted by Crippen LogP contribution is 2.45. The van der Waals surface area contributed by atoms with Crippen LogP contribution < -0.4 is 24.8 Å². The van der Waals surface area contributed by atoms with E-state index < -0.39 is 0 Å². The molecule has 1 heterocycles. The molecule has 0 radical (unpaired) electrons. The van der Waals surface area contributed by atoms with Crippen molar-refractivity contribution in [2.24, 2.45) is 0 Å². The van der Waals surface area contributed by atoms with Crippen LogP contribution in [0.3, 0.4) is 0 Å². The molecule has 1 saturated carbocycles. The number of nitrogens with one attached hydrogen (secondary N) is 2. The van der Waals surface area contributed by atoms with Crippen molar-refractivity contribution in [3.8, 4) is 35.3 Å². The van der Waals surface area contributed by atoms with E-state index in [9.17, 15) is 5.26 Å². The first-order valence-electron chi connectivity index (χ1n) is 12.8. The molecule has 0 atom stereocenters. The minimum atomic E-state index is 0.295. The van der Waals surface area contributed by atoms with E-state index in [4.69, 9.17) is 19.5 Å². The summed E-state index contributed by atoms with van der Waals surface area (Å²) in [6.07, 6.45) is 5.77. The molecule has 0 spiro atoms. The van der Waals surface area contributed by atoms with E-state index >= 15 is 0 Å². The molecule has 3 aromatic carbocycles. The molecule has 1 aliphatic rings. The van der Waals surface area contributed by atoms with Crippen LogP contribution in [0, 0.1) is 22.7 Å². The summed E-state index contributed by atoms with van der Waals surface area (Å²) in [5.74, 6) is 2.55. The molecule has 9 heteroatoms. The lowest BCUT2D eigenvalue weighted by atomic mass is 9.95. The van der Waals surface area contributed by atoms with Crippen molar-refractivity contribution in [2.45, 2.75) is 38.1 Å². The number of ether oxygens (including phenoxy) is 3. The molecular weight excluding hydrogens is 492 g/mol. The number of nitrogens with zero attached hydrogens (tertiary/aromatic N) is 4. The zero-order chi connectivity index (χ0) is 27.2. The van der Waals surface area contributed by atoms with Crippen molar-refractivity contribution in [1.82, 2.24) is 9.97 Å². The number of methoxy groups -OCH3 is 2. The van der Waals surface area contributed by atoms with Gasteiger partial charge in [0.15, 0.2) is 11.5 Å². The summed E-state index contributed by atoms with van der Waals surface area (Å²) in [7, 11) is 3.11. The maximum Gasteiger partial charge on any atom is 0.232 e. The average molecular weight is 521 g/mol. The zero-order valence-corrected chi connectivity index (χ0v) is 21.8. The van der Waals surface area contributed by atoms with Crippen LogP contribution in [0.1, 0.15) is 43.2 Å². The quantitative estimate of drug-likeness (QED) is 0.262. The van der Waals surface area contributed by atoms with E-state index in [0.717, 1.165) is 29.3 Å². The third kappa shape index (κ3) is 5.78. The van der Waals surface area contributed by atoms with Crippen molar-refractivity contribution in [3.05, 3.63) is 65.7 Å². The Labute approximate surface area is 227 Å². The highest BCUT2D eigenvalue weighted by atomic mass is 16.5. The second-order valence-electron chi connectivity index (χ2n) is 9.30. The minimum Gasteiger partial charge on any atom is -0.493 e. The molecule has 9 nitrogen and oxygen atoms in total. The van der Waals surface area contributed by atoms with Crippen LogP contribution >= 0.6 is 0 Å². The average Bonchev–Trinajstić information content (AvgIpc) is 2.97. The van der Waals surface area contributed by atoms with E-state index in [1.165, 1.54) is 19.3 Å². The number of hydrogen-bond acceptors (Lipinski definition) is 9. The van der Waals surface area contributed by atoms with Crippen LogP contribution in [0.5, 0.6) is 23.1 Å². The predicted octanol–water partition coefficient (Wildman–Crippen LogP) is 6.67. The standard InChI is InChI=1S/C30H28N6O3/c1-37-25-15-21-14-20(18-32)10-13-24(21)28(38-2)29(25)39-27-16-26(33-22-6-4-3-5-7-22)35-30(36-27)34-23-11-8-19(17-31)9-12-23/h8-16,22H,3-7H2,1-2H3,(H2,33,34,35,36). The van der Waals surface area contributed by atoms with Crippen LogP contribution in [0.15, 0.2) is 54.6 Å². The molecule has 39 heavy (non-hydrogen) atoms. The molecule has 196 valence electrons. The largest absolute Gasteiger partial charge is 0.493 e. The maximum atomic E-state index is 9.32. The Morgan fingerprint density at radius 2 is 1.56 bits per heavy atom. The van der Waals surface area contributed by atoms with Gasteiger partial charge >= 0.3 is 0 Å². The number of anilines is 3. The number of aromatic nitrogens is 2. The van der Waals surface area contributed by atoms with E-state index in [-0.39, 0.29) is 0 Å². The summed E-state index contributed by atoms with van der Waals surface area (Å²) in [4.78, 5) is 9.30. The van der Waals surface area contributed by atoms with E-state index in [1.54, 1.807) is 56.7 Å². The van der Waals surface area contributed by atoms with Crippen molar-refractivity contribution in [1.29, 1.82) is 10.5 Å². The van der Waals surface area contributed by atoms with E-state index in [1.807, 2.05) is 12.1 Å². The second kappa shape index (κ2) is 11.6. The molecule has 1 aromatic heterocycles. The lowest BCUT2D eigenvalue weighted by molar-refractivity contribution is 0.345. The van der Waals surface area contributed by atoms with Crippen LogP contribution in [0.25, 0.3) is 10.8 Å². The normalized spacial score (nSPS) is 13.2. The molecule has 5 rings (SSSR count). The smallest absolute Gasteiger partial charge is 0.232 e. The monoisotopic (exact) mass is 520 g/mol. The first-order valence-corrected chi connectivity index (χ1v) is 12.8. The topological polar surface area (TPSA) is 125 Å². The first kappa shape index (κ1) is 25.6. The Morgan fingerprint density at radius 3 is 2.26 bits per heavy atom. The minimum absolute atomic E-state index is 0.295. The number of rotatable bonds is 8. The summed E-state index contributed by atoms with van der Waals surface area (Å²) in [6, 6.07) is 20.6. The van der Waals surface area contributed by atoms with Gasteiger partial charge in [-0.1, -0.05) is 19.3 Å². The van der Waals surface area contributed by atoms with Crippen LogP contribution in [0.2, 0.25) is 0 Å². The van der Waals surface area contributed by atoms with Gasteiger partial charge in [0.05, 0.1) is 37.5 Å². The molecule has 1 fully saturated rings. The number of nitriles is 2. The zero-order valence-electron chi connectivity index (χ0n) is 21.8. The van der Waals surface area contributed by atoms with Crippen LogP contribution in [0.4, 0.5) is 17.5 Å². The summed E-state index contributed by atoms with van der Waals surface area (Å²) >= 11 is 0. The summed E-state index contributed by atoms with van der Waals surface area (Å²) in [5, 5.41) is 26.8. The number of hydrogen-bond donors (Lipinski definition) is 2. The molecule has 0 amide bonds. The fourth-order valence-corrected chi connectivity index (χ4v) is 4.78. The first-order chi connectivity index (χ1) is 19.1. The highest BCUT2D eigenvalue weighted by Gasteiger charge is 2.20. The number of fused-ring (bicyclic) bond motifs is 1. The second-order valence-corrected chi connectivity index (χ2v) is 9.30. The van der Waals surface area contributed by atoms with Gasteiger partial charge in [-0.3, -0.25) is 0 Å². The predicted molar refractivity (Wildman–Crippen MR) is 149 cm³/mol. The molecule has 0 saturated heterocycles. The summed E-state index contributed by atoms with van der Waals surface area (Å²) in [5.41, 5.74) is 1.84. The third-order valence-electron chi connectivity index (χ3n) is 6.70. The molecule has 0 unspecified atom stereocenters. The fraction of sp³-hybridized carbons (Fsp3) is 0.267. The lowest BCUT2D eigenvalue weighted by Gasteiger charge is -2.24. The van der Waals surface area contributed by atoms with Gasteiger partial charge in [0.1, 0.15) is 5.82 Å². The van der Waals surface area contributed by atoms with E-state index in [0.29, 0.717) is 52.1 Å². The lowest BCUT2D eigenvalue weighted by Crippen LogP contribution is -2.23. The van der Waals surface area contributed by atoms with Crippen molar-refractivity contribution in [3.63, 3.8) is 0 Å². The Kier molecular flexibility index (Phi) is 7.60. The molecule has 0 aliphatic heterocycles. The fourth-order valence-electron chi connectivity index (χ4n) is 4.78. The van der Waals surface area contributed by atoms with Crippen molar-refractivity contribution >= 4 is 28.2 Å². The van der Waals surface area contributed by atoms with Gasteiger partial charge in [0, 0.05) is 23.2 Å². The molecule has 2 N–H and O–H groups in total. The van der Waals surface area contributed by atoms with Crippen molar-refractivity contribution < 1.29 is 14.2 Å². The van der Waals surface area contributed by atoms with Crippen LogP contribution in [-0.4, -0.2) is 30.2 Å².